The van der Waals surface area contributed by atoms with E-state index in [9.17, 15) is 8.42 Å². The summed E-state index contributed by atoms with van der Waals surface area (Å²) in [4.78, 5) is 11.7. The third-order valence-corrected chi connectivity index (χ3v) is 9.41. The molecule has 0 bridgehead atoms. The van der Waals surface area contributed by atoms with E-state index in [2.05, 4.69) is 46.4 Å². The number of morpholine rings is 1. The summed E-state index contributed by atoms with van der Waals surface area (Å²) in [7, 11) is -0.371. The molecule has 1 aromatic carbocycles. The zero-order valence-corrected chi connectivity index (χ0v) is 22.8. The van der Waals surface area contributed by atoms with Crippen LogP contribution in [-0.2, 0) is 14.9 Å². The van der Waals surface area contributed by atoms with Crippen LogP contribution >= 0.6 is 0 Å². The fourth-order valence-corrected chi connectivity index (χ4v) is 6.21. The Morgan fingerprint density at radius 3 is 2.38 bits per heavy atom. The van der Waals surface area contributed by atoms with Crippen LogP contribution in [0, 0.1) is 5.92 Å². The molecule has 37 heavy (non-hydrogen) atoms. The van der Waals surface area contributed by atoms with Crippen LogP contribution in [-0.4, -0.2) is 92.6 Å². The van der Waals surface area contributed by atoms with Gasteiger partial charge >= 0.3 is 0 Å². The van der Waals surface area contributed by atoms with Gasteiger partial charge in [-0.2, -0.15) is 22.0 Å². The van der Waals surface area contributed by atoms with Crippen molar-refractivity contribution in [2.75, 3.05) is 63.7 Å². The molecule has 5 rings (SSSR count). The average molecular weight is 531 g/mol. The molecular weight excluding hydrogens is 492 g/mol. The summed E-state index contributed by atoms with van der Waals surface area (Å²) in [5, 5.41) is 3.50. The van der Waals surface area contributed by atoms with Crippen molar-refractivity contribution < 1.29 is 17.9 Å². The first kappa shape index (κ1) is 26.1. The molecule has 0 unspecified atom stereocenters. The Labute approximate surface area is 220 Å². The largest absolute Gasteiger partial charge is 0.471 e. The molecule has 0 spiro atoms. The van der Waals surface area contributed by atoms with Crippen LogP contribution in [0.4, 0.5) is 11.6 Å². The van der Waals surface area contributed by atoms with Crippen LogP contribution in [0.25, 0.3) is 11.1 Å². The molecule has 202 valence electrons. The van der Waals surface area contributed by atoms with Gasteiger partial charge in [0, 0.05) is 45.1 Å². The number of nitrogens with one attached hydrogen (secondary N) is 1. The highest BCUT2D eigenvalue weighted by Gasteiger charge is 2.39. The van der Waals surface area contributed by atoms with Crippen molar-refractivity contribution in [2.45, 2.75) is 44.8 Å². The van der Waals surface area contributed by atoms with Crippen LogP contribution in [0.1, 0.15) is 32.6 Å². The smallest absolute Gasteiger partial charge is 0.281 e. The van der Waals surface area contributed by atoms with E-state index in [1.807, 2.05) is 6.20 Å². The molecule has 2 saturated heterocycles. The minimum Gasteiger partial charge on any atom is -0.471 e. The molecule has 11 heteroatoms. The Morgan fingerprint density at radius 2 is 1.73 bits per heavy atom. The maximum absolute atomic E-state index is 12.4. The Morgan fingerprint density at radius 1 is 1.05 bits per heavy atom. The molecule has 0 radical (unpaired) electrons. The van der Waals surface area contributed by atoms with Crippen molar-refractivity contribution in [1.82, 2.24) is 18.6 Å². The highest BCUT2D eigenvalue weighted by molar-refractivity contribution is 7.86. The minimum atomic E-state index is -3.45. The number of hydrogen-bond donors (Lipinski definition) is 1. The van der Waals surface area contributed by atoms with E-state index >= 15 is 0 Å². The van der Waals surface area contributed by atoms with Gasteiger partial charge in [0.1, 0.15) is 6.10 Å². The summed E-state index contributed by atoms with van der Waals surface area (Å²) in [6.45, 7) is 6.13. The second kappa shape index (κ2) is 11.1. The fourth-order valence-electron chi connectivity index (χ4n) is 5.04. The van der Waals surface area contributed by atoms with E-state index < -0.39 is 10.2 Å². The van der Waals surface area contributed by atoms with Gasteiger partial charge in [0.15, 0.2) is 0 Å². The highest BCUT2D eigenvalue weighted by atomic mass is 32.2. The monoisotopic (exact) mass is 530 g/mol. The second-order valence-corrected chi connectivity index (χ2v) is 12.6. The van der Waals surface area contributed by atoms with Gasteiger partial charge in [-0.25, -0.2) is 4.98 Å². The van der Waals surface area contributed by atoms with Gasteiger partial charge in [-0.3, -0.25) is 0 Å². The number of anilines is 2. The molecule has 0 atom stereocenters. The predicted octanol–water partition coefficient (Wildman–Crippen LogP) is 2.84. The lowest BCUT2D eigenvalue weighted by Crippen LogP contribution is -2.58. The van der Waals surface area contributed by atoms with Crippen LogP contribution < -0.4 is 15.0 Å². The van der Waals surface area contributed by atoms with Crippen molar-refractivity contribution in [1.29, 1.82) is 0 Å². The molecular formula is C26H38N6O4S. The van der Waals surface area contributed by atoms with Gasteiger partial charge in [-0.1, -0.05) is 19.1 Å². The number of benzene rings is 1. The lowest BCUT2D eigenvalue weighted by atomic mass is 9.87. The third-order valence-electron chi connectivity index (χ3n) is 7.54. The summed E-state index contributed by atoms with van der Waals surface area (Å²) in [5.41, 5.74) is 2.91. The number of aromatic nitrogens is 2. The van der Waals surface area contributed by atoms with Crippen molar-refractivity contribution in [2.24, 2.45) is 5.92 Å². The van der Waals surface area contributed by atoms with Crippen LogP contribution in [0.15, 0.2) is 30.5 Å². The Balaban J connectivity index is 1.35. The van der Waals surface area contributed by atoms with Gasteiger partial charge in [0.05, 0.1) is 31.9 Å². The molecule has 10 nitrogen and oxygen atoms in total. The predicted molar refractivity (Wildman–Crippen MR) is 144 cm³/mol. The molecule has 1 N–H and O–H groups in total. The zero-order valence-electron chi connectivity index (χ0n) is 22.0. The minimum absolute atomic E-state index is 0.264. The molecule has 2 aliphatic heterocycles. The van der Waals surface area contributed by atoms with Crippen LogP contribution in [0.2, 0.25) is 0 Å². The first-order chi connectivity index (χ1) is 17.8. The number of ether oxygens (including phenoxy) is 2. The van der Waals surface area contributed by atoms with Crippen molar-refractivity contribution in [3.8, 4) is 17.0 Å². The lowest BCUT2D eigenvalue weighted by molar-refractivity contribution is 0.0693. The average Bonchev–Trinajstić information content (AvgIpc) is 2.88. The molecule has 1 aromatic heterocycles. The first-order valence-electron chi connectivity index (χ1n) is 13.2. The molecule has 3 fully saturated rings. The van der Waals surface area contributed by atoms with Crippen LogP contribution in [0.3, 0.4) is 0 Å². The van der Waals surface area contributed by atoms with E-state index in [4.69, 9.17) is 14.5 Å². The molecule has 3 heterocycles. The van der Waals surface area contributed by atoms with E-state index in [-0.39, 0.29) is 6.10 Å². The van der Waals surface area contributed by atoms with Crippen molar-refractivity contribution in [3.63, 3.8) is 0 Å². The molecule has 2 aromatic rings. The number of rotatable bonds is 8. The lowest BCUT2D eigenvalue weighted by Gasteiger charge is -2.38. The van der Waals surface area contributed by atoms with Gasteiger partial charge in [-0.05, 0) is 49.3 Å². The summed E-state index contributed by atoms with van der Waals surface area (Å²) < 4.78 is 39.2. The number of nitrogens with zero attached hydrogens (tertiary/aromatic N) is 5. The summed E-state index contributed by atoms with van der Waals surface area (Å²) in [6.07, 6.45) is 6.16. The van der Waals surface area contributed by atoms with Crippen LogP contribution in [0.5, 0.6) is 5.88 Å². The van der Waals surface area contributed by atoms with E-state index in [0.29, 0.717) is 31.0 Å². The fraction of sp³-hybridized carbons (Fsp3) is 0.615. The molecule has 3 aliphatic rings. The standard InChI is InChI=1S/C26H38N6O4S/c1-19-4-8-21(9-5-19)28-26-27-16-24(20-6-10-22(11-7-20)31-12-14-35-15-13-31)25(29-26)36-23-17-32(18-23)37(33,34)30(2)3/h6-7,10-11,16,19,21,23H,4-5,8-9,12-15,17-18H2,1-3H3,(H,27,28,29). The van der Waals surface area contributed by atoms with Gasteiger partial charge in [0.25, 0.3) is 10.2 Å². The number of hydrogen-bond acceptors (Lipinski definition) is 8. The summed E-state index contributed by atoms with van der Waals surface area (Å²) in [5.74, 6) is 1.80. The third kappa shape index (κ3) is 6.00. The second-order valence-electron chi connectivity index (χ2n) is 10.5. The normalized spacial score (nSPS) is 23.6. The Hall–Kier alpha value is -2.47. The van der Waals surface area contributed by atoms with E-state index in [1.54, 1.807) is 0 Å². The van der Waals surface area contributed by atoms with Crippen molar-refractivity contribution in [3.05, 3.63) is 30.5 Å². The van der Waals surface area contributed by atoms with Gasteiger partial charge < -0.3 is 19.7 Å². The molecule has 1 aliphatic carbocycles. The van der Waals surface area contributed by atoms with E-state index in [1.165, 1.54) is 35.5 Å². The summed E-state index contributed by atoms with van der Waals surface area (Å²) >= 11 is 0. The highest BCUT2D eigenvalue weighted by Crippen LogP contribution is 2.33. The van der Waals surface area contributed by atoms with Crippen molar-refractivity contribution >= 4 is 21.8 Å². The first-order valence-corrected chi connectivity index (χ1v) is 14.6. The topological polar surface area (TPSA) is 100 Å². The molecule has 0 amide bonds. The maximum Gasteiger partial charge on any atom is 0.281 e. The van der Waals surface area contributed by atoms with Gasteiger partial charge in [0.2, 0.25) is 11.8 Å². The van der Waals surface area contributed by atoms with Gasteiger partial charge in [-0.15, -0.1) is 0 Å². The molecule has 1 saturated carbocycles. The summed E-state index contributed by atoms with van der Waals surface area (Å²) in [6, 6.07) is 8.70. The maximum atomic E-state index is 12.4. The van der Waals surface area contributed by atoms with E-state index in [0.717, 1.165) is 61.9 Å². The Bertz CT molecular complexity index is 1160. The quantitative estimate of drug-likeness (QED) is 0.556. The Kier molecular flexibility index (Phi) is 7.85. The zero-order chi connectivity index (χ0) is 26.0. The SMILES string of the molecule is CC1CCC(Nc2ncc(-c3ccc(N4CCOCC4)cc3)c(OC3CN(S(=O)(=O)N(C)C)C3)n2)CC1.